The summed E-state index contributed by atoms with van der Waals surface area (Å²) in [5.74, 6) is -0.237. The molecule has 2 aromatic heterocycles. The van der Waals surface area contributed by atoms with Gasteiger partial charge in [0, 0.05) is 12.2 Å². The number of aromatic carboxylic acids is 1. The molecule has 0 aliphatic rings. The number of carboxylic acid groups (broad SMARTS) is 1. The lowest BCUT2D eigenvalue weighted by atomic mass is 10.3. The fourth-order valence-electron chi connectivity index (χ4n) is 1.95. The van der Waals surface area contributed by atoms with E-state index in [0.29, 0.717) is 5.52 Å². The molecule has 16 heavy (non-hydrogen) atoms. The highest BCUT2D eigenvalue weighted by Crippen LogP contribution is 2.22. The summed E-state index contributed by atoms with van der Waals surface area (Å²) in [6.45, 7) is 5.94. The number of pyridine rings is 1. The van der Waals surface area contributed by atoms with E-state index in [1.165, 1.54) is 6.20 Å². The van der Waals surface area contributed by atoms with E-state index in [9.17, 15) is 4.79 Å². The Hall–Kier alpha value is -1.91. The van der Waals surface area contributed by atoms with Gasteiger partial charge in [-0.1, -0.05) is 0 Å². The van der Waals surface area contributed by atoms with Crippen LogP contribution < -0.4 is 0 Å². The largest absolute Gasteiger partial charge is 0.476 e. The van der Waals surface area contributed by atoms with Crippen LogP contribution in [0.3, 0.4) is 0 Å². The number of carbonyl (C=O) groups is 1. The second kappa shape index (κ2) is 3.59. The van der Waals surface area contributed by atoms with Gasteiger partial charge in [-0.3, -0.25) is 0 Å². The molecule has 2 heterocycles. The fraction of sp³-hybridized carbons (Fsp3) is 0.364. The lowest BCUT2D eigenvalue weighted by Crippen LogP contribution is -2.04. The summed E-state index contributed by atoms with van der Waals surface area (Å²) < 4.78 is 2.00. The molecule has 2 rings (SSSR count). The van der Waals surface area contributed by atoms with Crippen LogP contribution in [0.1, 0.15) is 36.2 Å². The number of hydrogen-bond acceptors (Lipinski definition) is 3. The molecule has 0 saturated carbocycles. The van der Waals surface area contributed by atoms with Gasteiger partial charge in [-0.2, -0.15) is 0 Å². The van der Waals surface area contributed by atoms with E-state index in [1.54, 1.807) is 6.07 Å². The molecule has 0 fully saturated rings. The van der Waals surface area contributed by atoms with E-state index in [2.05, 4.69) is 9.97 Å². The highest BCUT2D eigenvalue weighted by Gasteiger charge is 2.17. The summed E-state index contributed by atoms with van der Waals surface area (Å²) in [5, 5.41) is 9.01. The number of imidazole rings is 1. The first-order valence-electron chi connectivity index (χ1n) is 5.09. The van der Waals surface area contributed by atoms with Gasteiger partial charge in [-0.25, -0.2) is 14.8 Å². The molecule has 0 aromatic carbocycles. The zero-order valence-corrected chi connectivity index (χ0v) is 9.43. The zero-order valence-electron chi connectivity index (χ0n) is 9.43. The maximum atomic E-state index is 11.0. The summed E-state index contributed by atoms with van der Waals surface area (Å²) in [6, 6.07) is 2.04. The molecule has 0 bridgehead atoms. The van der Waals surface area contributed by atoms with Crippen LogP contribution in [0, 0.1) is 6.92 Å². The third-order valence-corrected chi connectivity index (χ3v) is 2.50. The highest BCUT2D eigenvalue weighted by molar-refractivity contribution is 5.98. The lowest BCUT2D eigenvalue weighted by molar-refractivity contribution is 0.0692. The molecule has 0 amide bonds. The lowest BCUT2D eigenvalue weighted by Gasteiger charge is -2.10. The van der Waals surface area contributed by atoms with E-state index in [-0.39, 0.29) is 11.7 Å². The summed E-state index contributed by atoms with van der Waals surface area (Å²) in [5.41, 5.74) is 1.29. The number of aryl methyl sites for hydroxylation is 1. The smallest absolute Gasteiger partial charge is 0.356 e. The molecule has 0 aliphatic heterocycles. The average Bonchev–Trinajstić information content (AvgIpc) is 2.52. The molecule has 0 radical (unpaired) electrons. The van der Waals surface area contributed by atoms with E-state index in [4.69, 9.17) is 5.11 Å². The molecule has 0 unspecified atom stereocenters. The van der Waals surface area contributed by atoms with Crippen LogP contribution in [0.5, 0.6) is 0 Å². The standard InChI is InChI=1S/C11H13N3O2/c1-6(2)14-7(3)13-9-8(14)4-5-12-10(9)11(15)16/h4-6H,1-3H3,(H,15,16). The van der Waals surface area contributed by atoms with Gasteiger partial charge in [0.25, 0.3) is 0 Å². The summed E-state index contributed by atoms with van der Waals surface area (Å²) in [7, 11) is 0. The van der Waals surface area contributed by atoms with Crippen LogP contribution in [0.2, 0.25) is 0 Å². The molecule has 5 nitrogen and oxygen atoms in total. The SMILES string of the molecule is Cc1nc2c(C(=O)O)nccc2n1C(C)C. The average molecular weight is 219 g/mol. The molecule has 0 saturated heterocycles. The van der Waals surface area contributed by atoms with Crippen molar-refractivity contribution >= 4 is 17.0 Å². The van der Waals surface area contributed by atoms with Crippen LogP contribution in [0.25, 0.3) is 11.0 Å². The van der Waals surface area contributed by atoms with Crippen molar-refractivity contribution < 1.29 is 9.90 Å². The first kappa shape index (κ1) is 10.6. The van der Waals surface area contributed by atoms with E-state index in [1.807, 2.05) is 25.3 Å². The Morgan fingerprint density at radius 1 is 1.50 bits per heavy atom. The van der Waals surface area contributed by atoms with E-state index in [0.717, 1.165) is 11.3 Å². The number of nitrogens with zero attached hydrogens (tertiary/aromatic N) is 3. The number of carboxylic acids is 1. The van der Waals surface area contributed by atoms with Crippen LogP contribution in [0.15, 0.2) is 12.3 Å². The Morgan fingerprint density at radius 3 is 2.75 bits per heavy atom. The van der Waals surface area contributed by atoms with Crippen LogP contribution in [0.4, 0.5) is 0 Å². The Morgan fingerprint density at radius 2 is 2.19 bits per heavy atom. The van der Waals surface area contributed by atoms with Gasteiger partial charge in [0.2, 0.25) is 0 Å². The summed E-state index contributed by atoms with van der Waals surface area (Å²) >= 11 is 0. The predicted molar refractivity (Wildman–Crippen MR) is 59.6 cm³/mol. The molecule has 5 heteroatoms. The minimum Gasteiger partial charge on any atom is -0.476 e. The van der Waals surface area contributed by atoms with Crippen LogP contribution >= 0.6 is 0 Å². The van der Waals surface area contributed by atoms with Crippen LogP contribution in [-0.4, -0.2) is 25.6 Å². The first-order valence-corrected chi connectivity index (χ1v) is 5.09. The number of rotatable bonds is 2. The van der Waals surface area contributed by atoms with Crippen molar-refractivity contribution in [2.75, 3.05) is 0 Å². The molecule has 1 N–H and O–H groups in total. The molecule has 0 aliphatic carbocycles. The minimum atomic E-state index is -1.04. The first-order chi connectivity index (χ1) is 7.52. The normalized spacial score (nSPS) is 11.2. The zero-order chi connectivity index (χ0) is 11.9. The van der Waals surface area contributed by atoms with Crippen molar-refractivity contribution in [2.24, 2.45) is 0 Å². The molecule has 2 aromatic rings. The van der Waals surface area contributed by atoms with Crippen molar-refractivity contribution in [1.29, 1.82) is 0 Å². The van der Waals surface area contributed by atoms with Gasteiger partial charge in [0.05, 0.1) is 5.52 Å². The highest BCUT2D eigenvalue weighted by atomic mass is 16.4. The molecule has 0 spiro atoms. The summed E-state index contributed by atoms with van der Waals surface area (Å²) in [6.07, 6.45) is 1.51. The third kappa shape index (κ3) is 1.44. The van der Waals surface area contributed by atoms with Gasteiger partial charge in [0.1, 0.15) is 11.3 Å². The number of fused-ring (bicyclic) bond motifs is 1. The third-order valence-electron chi connectivity index (χ3n) is 2.50. The summed E-state index contributed by atoms with van der Waals surface area (Å²) in [4.78, 5) is 19.1. The van der Waals surface area contributed by atoms with Crippen molar-refractivity contribution in [1.82, 2.24) is 14.5 Å². The fourth-order valence-corrected chi connectivity index (χ4v) is 1.95. The monoisotopic (exact) mass is 219 g/mol. The second-order valence-corrected chi connectivity index (χ2v) is 3.96. The Balaban J connectivity index is 2.83. The van der Waals surface area contributed by atoms with Crippen molar-refractivity contribution in [3.05, 3.63) is 23.8 Å². The van der Waals surface area contributed by atoms with Crippen molar-refractivity contribution in [3.8, 4) is 0 Å². The second-order valence-electron chi connectivity index (χ2n) is 3.96. The topological polar surface area (TPSA) is 68.0 Å². The van der Waals surface area contributed by atoms with Crippen molar-refractivity contribution in [3.63, 3.8) is 0 Å². The van der Waals surface area contributed by atoms with Gasteiger partial charge >= 0.3 is 5.97 Å². The Bertz CT molecular complexity index is 558. The van der Waals surface area contributed by atoms with Crippen LogP contribution in [-0.2, 0) is 0 Å². The van der Waals surface area contributed by atoms with Gasteiger partial charge in [-0.15, -0.1) is 0 Å². The molecule has 0 atom stereocenters. The van der Waals surface area contributed by atoms with Gasteiger partial charge in [-0.05, 0) is 26.8 Å². The van der Waals surface area contributed by atoms with Gasteiger partial charge < -0.3 is 9.67 Å². The maximum Gasteiger partial charge on any atom is 0.356 e. The Kier molecular flexibility index (Phi) is 2.38. The molecular formula is C11H13N3O2. The molecule has 84 valence electrons. The Labute approximate surface area is 92.8 Å². The minimum absolute atomic E-state index is 0.0139. The van der Waals surface area contributed by atoms with Crippen molar-refractivity contribution in [2.45, 2.75) is 26.8 Å². The van der Waals surface area contributed by atoms with E-state index >= 15 is 0 Å². The van der Waals surface area contributed by atoms with Gasteiger partial charge in [0.15, 0.2) is 5.69 Å². The maximum absolute atomic E-state index is 11.0. The van der Waals surface area contributed by atoms with E-state index < -0.39 is 5.97 Å². The quantitative estimate of drug-likeness (QED) is 0.839. The molecular weight excluding hydrogens is 206 g/mol. The number of aromatic nitrogens is 3. The predicted octanol–water partition coefficient (Wildman–Crippen LogP) is 2.02. The number of hydrogen-bond donors (Lipinski definition) is 1.